The van der Waals surface area contributed by atoms with Crippen LogP contribution in [0.5, 0.6) is 0 Å². The second-order valence-corrected chi connectivity index (χ2v) is 11.1. The first-order chi connectivity index (χ1) is 17.7. The van der Waals surface area contributed by atoms with Gasteiger partial charge < -0.3 is 14.5 Å². The van der Waals surface area contributed by atoms with E-state index < -0.39 is 10.0 Å². The Balaban J connectivity index is 1.23. The predicted octanol–water partition coefficient (Wildman–Crippen LogP) is 2.55. The Morgan fingerprint density at radius 2 is 1.70 bits per heavy atom. The number of nitrogens with one attached hydrogen (secondary N) is 1. The van der Waals surface area contributed by atoms with E-state index in [4.69, 9.17) is 4.74 Å². The smallest absolute Gasteiger partial charge is 0.410 e. The zero-order valence-corrected chi connectivity index (χ0v) is 21.6. The van der Waals surface area contributed by atoms with Crippen LogP contribution in [0.1, 0.15) is 15.9 Å². The van der Waals surface area contributed by atoms with Gasteiger partial charge in [-0.15, -0.1) is 0 Å². The second kappa shape index (κ2) is 9.98. The van der Waals surface area contributed by atoms with Crippen LogP contribution in [0.4, 0.5) is 10.5 Å². The lowest BCUT2D eigenvalue weighted by Crippen LogP contribution is -2.55. The number of likely N-dealkylation sites (N-methyl/N-ethyl adjacent to an activating group) is 1. The van der Waals surface area contributed by atoms with Crippen LogP contribution in [-0.4, -0.2) is 92.5 Å². The molecule has 2 amide bonds. The highest BCUT2D eigenvalue weighted by atomic mass is 32.2. The van der Waals surface area contributed by atoms with E-state index in [1.807, 2.05) is 19.2 Å². The van der Waals surface area contributed by atoms with Gasteiger partial charge in [-0.1, -0.05) is 18.2 Å². The van der Waals surface area contributed by atoms with Crippen molar-refractivity contribution in [2.24, 2.45) is 0 Å². The lowest BCUT2D eigenvalue weighted by atomic mass is 10.1. The molecule has 2 aromatic carbocycles. The van der Waals surface area contributed by atoms with Crippen LogP contribution in [0.15, 0.2) is 59.6 Å². The Labute approximate surface area is 215 Å². The maximum absolute atomic E-state index is 13.2. The van der Waals surface area contributed by atoms with Gasteiger partial charge >= 0.3 is 6.09 Å². The van der Waals surface area contributed by atoms with E-state index in [0.29, 0.717) is 48.5 Å². The lowest BCUT2D eigenvalue weighted by molar-refractivity contribution is -0.0195. The van der Waals surface area contributed by atoms with Gasteiger partial charge in [-0.05, 0) is 49.9 Å². The van der Waals surface area contributed by atoms with Gasteiger partial charge in [0.25, 0.3) is 15.9 Å². The Hall–Kier alpha value is -3.70. The number of aryl methyl sites for hydroxylation is 1. The van der Waals surface area contributed by atoms with Gasteiger partial charge in [-0.2, -0.15) is 0 Å². The molecule has 2 aliphatic heterocycles. The fraction of sp³-hybridized carbons (Fsp3) is 0.346. The van der Waals surface area contributed by atoms with Crippen LogP contribution < -0.4 is 4.72 Å². The van der Waals surface area contributed by atoms with E-state index in [2.05, 4.69) is 14.6 Å². The third kappa shape index (κ3) is 5.23. The molecule has 0 spiro atoms. The van der Waals surface area contributed by atoms with Gasteiger partial charge in [-0.3, -0.25) is 19.4 Å². The van der Waals surface area contributed by atoms with E-state index in [1.54, 1.807) is 53.3 Å². The fourth-order valence-corrected chi connectivity index (χ4v) is 5.92. The van der Waals surface area contributed by atoms with Crippen molar-refractivity contribution < 1.29 is 22.7 Å². The van der Waals surface area contributed by atoms with Crippen LogP contribution in [0.2, 0.25) is 0 Å². The number of fused-ring (bicyclic) bond motifs is 1. The summed E-state index contributed by atoms with van der Waals surface area (Å²) in [4.78, 5) is 35.2. The summed E-state index contributed by atoms with van der Waals surface area (Å²) < 4.78 is 34.4. The van der Waals surface area contributed by atoms with Crippen molar-refractivity contribution in [2.75, 3.05) is 51.0 Å². The SMILES string of the molecule is Cc1cc(C(=O)N2CCN(C(=O)OC3CN(C)C3)CC2)ccc1NS(=O)(=O)c1cccc2cccnc12. The number of hydrogen-bond acceptors (Lipinski definition) is 7. The Kier molecular flexibility index (Phi) is 6.74. The number of likely N-dealkylation sites (tertiary alicyclic amines) is 1. The number of carbonyl (C=O) groups is 2. The Morgan fingerprint density at radius 3 is 2.41 bits per heavy atom. The monoisotopic (exact) mass is 523 g/mol. The zero-order valence-electron chi connectivity index (χ0n) is 20.8. The largest absolute Gasteiger partial charge is 0.443 e. The van der Waals surface area contributed by atoms with Crippen molar-refractivity contribution in [1.29, 1.82) is 0 Å². The highest BCUT2D eigenvalue weighted by Gasteiger charge is 2.31. The van der Waals surface area contributed by atoms with Crippen molar-refractivity contribution in [1.82, 2.24) is 19.7 Å². The average molecular weight is 524 g/mol. The number of nitrogens with zero attached hydrogens (tertiary/aromatic N) is 4. The maximum Gasteiger partial charge on any atom is 0.410 e. The molecule has 5 rings (SSSR count). The van der Waals surface area contributed by atoms with Gasteiger partial charge in [0.15, 0.2) is 0 Å². The molecule has 0 atom stereocenters. The number of aromatic nitrogens is 1. The number of amides is 2. The molecule has 11 heteroatoms. The number of sulfonamides is 1. The number of carbonyl (C=O) groups excluding carboxylic acids is 2. The quantitative estimate of drug-likeness (QED) is 0.547. The fourth-order valence-electron chi connectivity index (χ4n) is 4.61. The summed E-state index contributed by atoms with van der Waals surface area (Å²) in [6.45, 7) is 4.86. The normalized spacial score (nSPS) is 16.9. The first-order valence-electron chi connectivity index (χ1n) is 12.1. The number of benzene rings is 2. The van der Waals surface area contributed by atoms with Crippen molar-refractivity contribution in [3.05, 3.63) is 65.9 Å². The minimum absolute atomic E-state index is 0.0621. The molecule has 0 radical (unpaired) electrons. The van der Waals surface area contributed by atoms with Crippen LogP contribution in [-0.2, 0) is 14.8 Å². The minimum atomic E-state index is -3.90. The second-order valence-electron chi connectivity index (χ2n) is 9.47. The van der Waals surface area contributed by atoms with Crippen LogP contribution in [0.3, 0.4) is 0 Å². The van der Waals surface area contributed by atoms with Crippen molar-refractivity contribution in [3.8, 4) is 0 Å². The number of piperazine rings is 1. The van der Waals surface area contributed by atoms with Gasteiger partial charge in [0, 0.05) is 56.4 Å². The molecule has 3 aromatic rings. The third-order valence-electron chi connectivity index (χ3n) is 6.73. The summed E-state index contributed by atoms with van der Waals surface area (Å²) in [7, 11) is -1.93. The Bertz CT molecular complexity index is 1440. The number of hydrogen-bond donors (Lipinski definition) is 1. The van der Waals surface area contributed by atoms with E-state index in [-0.39, 0.29) is 23.0 Å². The number of rotatable bonds is 5. The molecular weight excluding hydrogens is 494 g/mol. The molecule has 0 bridgehead atoms. The molecule has 194 valence electrons. The summed E-state index contributed by atoms with van der Waals surface area (Å²) in [5.41, 5.74) is 1.86. The van der Waals surface area contributed by atoms with E-state index in [1.165, 1.54) is 6.07 Å². The highest BCUT2D eigenvalue weighted by Crippen LogP contribution is 2.26. The molecule has 2 fully saturated rings. The molecule has 1 aromatic heterocycles. The number of pyridine rings is 1. The maximum atomic E-state index is 13.2. The Morgan fingerprint density at radius 1 is 1.00 bits per heavy atom. The average Bonchev–Trinajstić information content (AvgIpc) is 2.88. The number of para-hydroxylation sites is 1. The first kappa shape index (κ1) is 25.0. The van der Waals surface area contributed by atoms with Crippen molar-refractivity contribution in [2.45, 2.75) is 17.9 Å². The summed E-state index contributed by atoms with van der Waals surface area (Å²) in [6.07, 6.45) is 1.16. The molecule has 3 heterocycles. The molecule has 0 saturated carbocycles. The van der Waals surface area contributed by atoms with Crippen LogP contribution in [0.25, 0.3) is 10.9 Å². The standard InChI is InChI=1S/C26H29N5O5S/c1-18-15-20(25(32)30-11-13-31(14-12-30)26(33)36-21-16-29(2)17-21)8-9-22(18)28-37(34,35)23-7-3-5-19-6-4-10-27-24(19)23/h3-10,15,21,28H,11-14,16-17H2,1-2H3. The summed E-state index contributed by atoms with van der Waals surface area (Å²) >= 11 is 0. The molecule has 2 aliphatic rings. The summed E-state index contributed by atoms with van der Waals surface area (Å²) in [6, 6.07) is 13.5. The zero-order chi connectivity index (χ0) is 26.2. The van der Waals surface area contributed by atoms with Gasteiger partial charge in [0.05, 0.1) is 11.2 Å². The van der Waals surface area contributed by atoms with Gasteiger partial charge in [0.2, 0.25) is 0 Å². The van der Waals surface area contributed by atoms with Crippen molar-refractivity contribution in [3.63, 3.8) is 0 Å². The van der Waals surface area contributed by atoms with E-state index in [9.17, 15) is 18.0 Å². The topological polar surface area (TPSA) is 112 Å². The first-order valence-corrected chi connectivity index (χ1v) is 13.6. The molecule has 37 heavy (non-hydrogen) atoms. The van der Waals surface area contributed by atoms with E-state index in [0.717, 1.165) is 18.5 Å². The molecule has 0 unspecified atom stereocenters. The van der Waals surface area contributed by atoms with Gasteiger partial charge in [0.1, 0.15) is 11.0 Å². The molecule has 10 nitrogen and oxygen atoms in total. The minimum Gasteiger partial charge on any atom is -0.443 e. The lowest BCUT2D eigenvalue weighted by Gasteiger charge is -2.38. The highest BCUT2D eigenvalue weighted by molar-refractivity contribution is 7.93. The summed E-state index contributed by atoms with van der Waals surface area (Å²) in [5, 5.41) is 0.729. The van der Waals surface area contributed by atoms with Crippen LogP contribution in [0, 0.1) is 6.92 Å². The predicted molar refractivity (Wildman–Crippen MR) is 139 cm³/mol. The van der Waals surface area contributed by atoms with Crippen LogP contribution >= 0.6 is 0 Å². The van der Waals surface area contributed by atoms with Crippen molar-refractivity contribution >= 4 is 38.6 Å². The molecule has 0 aliphatic carbocycles. The molecular formula is C26H29N5O5S. The summed E-state index contributed by atoms with van der Waals surface area (Å²) in [5.74, 6) is -0.163. The number of anilines is 1. The molecule has 2 saturated heterocycles. The molecule has 1 N–H and O–H groups in total. The third-order valence-corrected chi connectivity index (χ3v) is 8.12. The van der Waals surface area contributed by atoms with E-state index >= 15 is 0 Å². The number of ether oxygens (including phenoxy) is 1. The van der Waals surface area contributed by atoms with Gasteiger partial charge in [-0.25, -0.2) is 13.2 Å².